The Labute approximate surface area is 161 Å². The number of aromatic nitrogens is 3. The zero-order chi connectivity index (χ0) is 19.3. The maximum absolute atomic E-state index is 12.1. The Morgan fingerprint density at radius 1 is 1.18 bits per heavy atom. The van der Waals surface area contributed by atoms with Gasteiger partial charge in [0.25, 0.3) is 0 Å². The fourth-order valence-corrected chi connectivity index (χ4v) is 3.06. The lowest BCUT2D eigenvalue weighted by atomic mass is 10.2. The van der Waals surface area contributed by atoms with Crippen molar-refractivity contribution in [3.8, 4) is 17.6 Å². The van der Waals surface area contributed by atoms with Crippen molar-refractivity contribution >= 4 is 11.7 Å². The van der Waals surface area contributed by atoms with Crippen LogP contribution >= 0.6 is 0 Å². The third-order valence-corrected chi connectivity index (χ3v) is 4.44. The van der Waals surface area contributed by atoms with E-state index in [0.29, 0.717) is 29.3 Å². The van der Waals surface area contributed by atoms with Crippen LogP contribution in [0.15, 0.2) is 48.5 Å². The molecule has 8 heteroatoms. The Morgan fingerprint density at radius 2 is 2.00 bits per heavy atom. The van der Waals surface area contributed by atoms with Crippen molar-refractivity contribution in [2.24, 2.45) is 0 Å². The predicted molar refractivity (Wildman–Crippen MR) is 102 cm³/mol. The van der Waals surface area contributed by atoms with Crippen molar-refractivity contribution in [3.63, 3.8) is 0 Å². The zero-order valence-electron chi connectivity index (χ0n) is 15.1. The number of hydrogen-bond donors (Lipinski definition) is 2. The minimum Gasteiger partial charge on any atom is -0.456 e. The lowest BCUT2D eigenvalue weighted by Gasteiger charge is -2.10. The van der Waals surface area contributed by atoms with Crippen molar-refractivity contribution in [1.82, 2.24) is 20.1 Å². The minimum absolute atomic E-state index is 0.321. The summed E-state index contributed by atoms with van der Waals surface area (Å²) in [6.07, 6.45) is 2.00. The first kappa shape index (κ1) is 17.5. The largest absolute Gasteiger partial charge is 0.456 e. The van der Waals surface area contributed by atoms with Crippen LogP contribution in [0, 0.1) is 11.3 Å². The maximum Gasteiger partial charge on any atom is 0.319 e. The molecule has 0 aliphatic carbocycles. The van der Waals surface area contributed by atoms with E-state index in [0.717, 1.165) is 31.0 Å². The van der Waals surface area contributed by atoms with Crippen molar-refractivity contribution in [1.29, 1.82) is 5.26 Å². The molecule has 0 saturated heterocycles. The number of benzene rings is 2. The molecule has 8 nitrogen and oxygen atoms in total. The molecule has 0 fully saturated rings. The molecule has 1 aliphatic heterocycles. The zero-order valence-corrected chi connectivity index (χ0v) is 15.1. The molecule has 3 aromatic rings. The highest BCUT2D eigenvalue weighted by molar-refractivity contribution is 5.89. The highest BCUT2D eigenvalue weighted by Crippen LogP contribution is 2.25. The van der Waals surface area contributed by atoms with Crippen LogP contribution in [0.2, 0.25) is 0 Å². The summed E-state index contributed by atoms with van der Waals surface area (Å²) in [5.41, 5.74) is 1.09. The van der Waals surface area contributed by atoms with Crippen molar-refractivity contribution < 1.29 is 9.53 Å². The summed E-state index contributed by atoms with van der Waals surface area (Å²) in [7, 11) is 0. The van der Waals surface area contributed by atoms with Gasteiger partial charge in [-0.3, -0.25) is 0 Å². The molecule has 2 aromatic carbocycles. The number of aryl methyl sites for hydroxylation is 1. The number of nitrogens with zero attached hydrogens (tertiary/aromatic N) is 4. The summed E-state index contributed by atoms with van der Waals surface area (Å²) >= 11 is 0. The molecule has 1 aliphatic rings. The third kappa shape index (κ3) is 3.78. The Balaban J connectivity index is 1.32. The van der Waals surface area contributed by atoms with Crippen LogP contribution < -0.4 is 15.4 Å². The number of anilines is 1. The Kier molecular flexibility index (Phi) is 4.89. The monoisotopic (exact) mass is 374 g/mol. The first-order valence-electron chi connectivity index (χ1n) is 8.96. The molecule has 1 aromatic heterocycles. The van der Waals surface area contributed by atoms with Crippen molar-refractivity contribution in [2.75, 3.05) is 5.32 Å². The summed E-state index contributed by atoms with van der Waals surface area (Å²) in [5.74, 6) is 2.81. The molecule has 2 N–H and O–H groups in total. The standard InChI is InChI=1S/C20H18N6O2/c21-12-14-4-1-2-5-17(14)28-16-9-7-15(8-10-16)23-20(27)22-13-19-25-24-18-6-3-11-26(18)19/h1-2,4-5,7-10H,3,6,11,13H2,(H2,22,23,27). The summed E-state index contributed by atoms with van der Waals surface area (Å²) in [6, 6.07) is 15.7. The summed E-state index contributed by atoms with van der Waals surface area (Å²) < 4.78 is 7.78. The highest BCUT2D eigenvalue weighted by atomic mass is 16.5. The molecule has 0 unspecified atom stereocenters. The number of fused-ring (bicyclic) bond motifs is 1. The molecule has 0 spiro atoms. The average molecular weight is 374 g/mol. The van der Waals surface area contributed by atoms with E-state index >= 15 is 0 Å². The van der Waals surface area contributed by atoms with Crippen LogP contribution in [0.25, 0.3) is 0 Å². The number of urea groups is 1. The first-order valence-corrected chi connectivity index (χ1v) is 8.96. The fraction of sp³-hybridized carbons (Fsp3) is 0.200. The quantitative estimate of drug-likeness (QED) is 0.713. The number of rotatable bonds is 5. The molecular weight excluding hydrogens is 356 g/mol. The van der Waals surface area contributed by atoms with E-state index < -0.39 is 0 Å². The fourth-order valence-electron chi connectivity index (χ4n) is 3.06. The van der Waals surface area contributed by atoms with Gasteiger partial charge >= 0.3 is 6.03 Å². The van der Waals surface area contributed by atoms with Crippen LogP contribution in [0.1, 0.15) is 23.6 Å². The van der Waals surface area contributed by atoms with Gasteiger partial charge in [-0.05, 0) is 42.8 Å². The number of nitrogens with one attached hydrogen (secondary N) is 2. The van der Waals surface area contributed by atoms with E-state index in [1.807, 2.05) is 4.57 Å². The normalized spacial score (nSPS) is 12.1. The van der Waals surface area contributed by atoms with Gasteiger partial charge in [-0.2, -0.15) is 5.26 Å². The second-order valence-electron chi connectivity index (χ2n) is 6.33. The van der Waals surface area contributed by atoms with Gasteiger partial charge < -0.3 is 19.9 Å². The predicted octanol–water partition coefficient (Wildman–Crippen LogP) is 3.21. The van der Waals surface area contributed by atoms with Gasteiger partial charge in [0.05, 0.1) is 12.1 Å². The van der Waals surface area contributed by atoms with Gasteiger partial charge in [0.2, 0.25) is 0 Å². The van der Waals surface area contributed by atoms with E-state index in [2.05, 4.69) is 26.9 Å². The maximum atomic E-state index is 12.1. The van der Waals surface area contributed by atoms with E-state index in [9.17, 15) is 4.79 Å². The molecule has 0 atom stereocenters. The molecule has 2 amide bonds. The topological polar surface area (TPSA) is 105 Å². The van der Waals surface area contributed by atoms with Gasteiger partial charge in [-0.1, -0.05) is 12.1 Å². The first-order chi connectivity index (χ1) is 13.7. The van der Waals surface area contributed by atoms with Gasteiger partial charge in [-0.15, -0.1) is 10.2 Å². The molecular formula is C20H18N6O2. The lowest BCUT2D eigenvalue weighted by Crippen LogP contribution is -2.29. The molecule has 140 valence electrons. The summed E-state index contributed by atoms with van der Waals surface area (Å²) in [6.45, 7) is 1.22. The third-order valence-electron chi connectivity index (χ3n) is 4.44. The minimum atomic E-state index is -0.321. The Morgan fingerprint density at radius 3 is 2.82 bits per heavy atom. The summed E-state index contributed by atoms with van der Waals surface area (Å²) in [4.78, 5) is 12.1. The number of hydrogen-bond acceptors (Lipinski definition) is 5. The van der Waals surface area contributed by atoms with E-state index in [-0.39, 0.29) is 6.03 Å². The number of amides is 2. The van der Waals surface area contributed by atoms with Crippen molar-refractivity contribution in [2.45, 2.75) is 25.9 Å². The number of ether oxygens (including phenoxy) is 1. The number of nitriles is 1. The molecule has 2 heterocycles. The summed E-state index contributed by atoms with van der Waals surface area (Å²) in [5, 5.41) is 22.9. The van der Waals surface area contributed by atoms with Gasteiger partial charge in [-0.25, -0.2) is 4.79 Å². The number of para-hydroxylation sites is 1. The second kappa shape index (κ2) is 7.80. The van der Waals surface area contributed by atoms with Crippen LogP contribution in [-0.4, -0.2) is 20.8 Å². The van der Waals surface area contributed by atoms with Gasteiger partial charge in [0, 0.05) is 18.7 Å². The van der Waals surface area contributed by atoms with Crippen LogP contribution in [0.3, 0.4) is 0 Å². The molecule has 0 bridgehead atoms. The Hall–Kier alpha value is -3.86. The number of carbonyl (C=O) groups excluding carboxylic acids is 1. The SMILES string of the molecule is N#Cc1ccccc1Oc1ccc(NC(=O)NCc2nnc3n2CCC3)cc1. The molecule has 0 radical (unpaired) electrons. The Bertz CT molecular complexity index is 1040. The second-order valence-corrected chi connectivity index (χ2v) is 6.33. The smallest absolute Gasteiger partial charge is 0.319 e. The highest BCUT2D eigenvalue weighted by Gasteiger charge is 2.17. The molecule has 0 saturated carbocycles. The van der Waals surface area contributed by atoms with E-state index in [4.69, 9.17) is 10.00 Å². The van der Waals surface area contributed by atoms with Gasteiger partial charge in [0.1, 0.15) is 23.4 Å². The van der Waals surface area contributed by atoms with Crippen LogP contribution in [0.4, 0.5) is 10.5 Å². The molecule has 28 heavy (non-hydrogen) atoms. The lowest BCUT2D eigenvalue weighted by molar-refractivity contribution is 0.251. The van der Waals surface area contributed by atoms with Crippen molar-refractivity contribution in [3.05, 3.63) is 65.7 Å². The number of carbonyl (C=O) groups is 1. The van der Waals surface area contributed by atoms with Gasteiger partial charge in [0.15, 0.2) is 5.82 Å². The van der Waals surface area contributed by atoms with E-state index in [1.165, 1.54) is 0 Å². The average Bonchev–Trinajstić information content (AvgIpc) is 3.32. The molecule has 4 rings (SSSR count). The van der Waals surface area contributed by atoms with E-state index in [1.54, 1.807) is 48.5 Å². The van der Waals surface area contributed by atoms with Crippen LogP contribution in [-0.2, 0) is 19.5 Å². The van der Waals surface area contributed by atoms with Crippen LogP contribution in [0.5, 0.6) is 11.5 Å².